The lowest BCUT2D eigenvalue weighted by Crippen LogP contribution is -2.51. The summed E-state index contributed by atoms with van der Waals surface area (Å²) in [7, 11) is 0. The van der Waals surface area contributed by atoms with Gasteiger partial charge in [-0.1, -0.05) is 0 Å². The first-order chi connectivity index (χ1) is 13.4. The predicted molar refractivity (Wildman–Crippen MR) is 97.0 cm³/mol. The minimum Gasteiger partial charge on any atom is -0.377 e. The molecule has 2 aromatic rings. The van der Waals surface area contributed by atoms with Crippen molar-refractivity contribution in [1.82, 2.24) is 14.5 Å². The largest absolute Gasteiger partial charge is 0.409 e. The number of anilines is 3. The molecule has 0 aromatic carbocycles. The van der Waals surface area contributed by atoms with Crippen LogP contribution in [-0.4, -0.2) is 52.6 Å². The summed E-state index contributed by atoms with van der Waals surface area (Å²) in [5.41, 5.74) is -0.120. The van der Waals surface area contributed by atoms with Gasteiger partial charge in [-0.05, 0) is 25.5 Å². The molecular formula is C18H20F3N5O2. The maximum Gasteiger partial charge on any atom is 0.409 e. The highest BCUT2D eigenvalue weighted by atomic mass is 19.4. The summed E-state index contributed by atoms with van der Waals surface area (Å²) in [4.78, 5) is 24.1. The van der Waals surface area contributed by atoms with E-state index in [4.69, 9.17) is 4.74 Å². The molecule has 2 aliphatic heterocycles. The molecule has 0 bridgehead atoms. The molecule has 0 saturated carbocycles. The lowest BCUT2D eigenvalue weighted by atomic mass is 10.1. The maximum atomic E-state index is 13.8. The number of rotatable bonds is 2. The van der Waals surface area contributed by atoms with Gasteiger partial charge in [-0.25, -0.2) is 0 Å². The molecule has 4 rings (SSSR count). The fraction of sp³-hybridized carbons (Fsp3) is 0.500. The molecule has 2 atom stereocenters. The smallest absolute Gasteiger partial charge is 0.377 e. The van der Waals surface area contributed by atoms with Gasteiger partial charge in [0.1, 0.15) is 11.9 Å². The molecule has 150 valence electrons. The van der Waals surface area contributed by atoms with Gasteiger partial charge in [0, 0.05) is 25.4 Å². The minimum absolute atomic E-state index is 0.0113. The van der Waals surface area contributed by atoms with Gasteiger partial charge in [-0.15, -0.1) is 0 Å². The summed E-state index contributed by atoms with van der Waals surface area (Å²) in [5, 5.41) is 0. The molecular weight excluding hydrogens is 375 g/mol. The van der Waals surface area contributed by atoms with E-state index in [9.17, 15) is 18.0 Å². The van der Waals surface area contributed by atoms with E-state index in [2.05, 4.69) is 9.97 Å². The van der Waals surface area contributed by atoms with Gasteiger partial charge in [0.15, 0.2) is 0 Å². The van der Waals surface area contributed by atoms with Crippen LogP contribution in [-0.2, 0) is 11.3 Å². The van der Waals surface area contributed by atoms with Crippen LogP contribution < -0.4 is 15.4 Å². The second-order valence-electron chi connectivity index (χ2n) is 6.95. The van der Waals surface area contributed by atoms with Crippen molar-refractivity contribution in [3.05, 3.63) is 40.9 Å². The Morgan fingerprint density at radius 1 is 1.29 bits per heavy atom. The van der Waals surface area contributed by atoms with E-state index in [0.29, 0.717) is 25.6 Å². The van der Waals surface area contributed by atoms with Crippen LogP contribution in [0.15, 0.2) is 35.4 Å². The Balaban J connectivity index is 1.86. The Kier molecular flexibility index (Phi) is 4.74. The Labute approximate surface area is 159 Å². The highest BCUT2D eigenvalue weighted by molar-refractivity contribution is 5.60. The van der Waals surface area contributed by atoms with Crippen LogP contribution in [0.2, 0.25) is 0 Å². The number of hydrogen-bond acceptors (Lipinski definition) is 6. The van der Waals surface area contributed by atoms with E-state index >= 15 is 0 Å². The van der Waals surface area contributed by atoms with Gasteiger partial charge in [-0.3, -0.25) is 19.2 Å². The number of halogens is 3. The van der Waals surface area contributed by atoms with Gasteiger partial charge in [0.25, 0.3) is 5.56 Å². The number of nitrogens with zero attached hydrogens (tertiary/aromatic N) is 5. The van der Waals surface area contributed by atoms with Crippen LogP contribution in [0.1, 0.15) is 13.3 Å². The molecule has 1 fully saturated rings. The van der Waals surface area contributed by atoms with Crippen LogP contribution in [0.25, 0.3) is 0 Å². The van der Waals surface area contributed by atoms with E-state index < -0.39 is 12.2 Å². The summed E-state index contributed by atoms with van der Waals surface area (Å²) in [6.07, 6.45) is -1.87. The summed E-state index contributed by atoms with van der Waals surface area (Å²) in [5.74, 6) is 0.353. The summed E-state index contributed by atoms with van der Waals surface area (Å²) < 4.78 is 48.1. The third-order valence-corrected chi connectivity index (χ3v) is 5.09. The standard InChI is InChI=1S/C18H20F3N5O2/c1-12-11-28-8-7-24(12)15-9-16(27)25-6-4-14(18(19,20)21)26(17(25)23-15)13-3-2-5-22-10-13/h2-3,5,9-10,12,14H,4,6-8,11H2,1H3/t12-,14?/m1/s1. The van der Waals surface area contributed by atoms with Crippen molar-refractivity contribution >= 4 is 17.5 Å². The monoisotopic (exact) mass is 395 g/mol. The molecule has 1 saturated heterocycles. The molecule has 2 aliphatic rings. The van der Waals surface area contributed by atoms with Gasteiger partial charge >= 0.3 is 6.18 Å². The van der Waals surface area contributed by atoms with Crippen molar-refractivity contribution < 1.29 is 17.9 Å². The molecule has 0 aliphatic carbocycles. The van der Waals surface area contributed by atoms with Crippen LogP contribution in [0.3, 0.4) is 0 Å². The molecule has 4 heterocycles. The second-order valence-corrected chi connectivity index (χ2v) is 6.95. The van der Waals surface area contributed by atoms with Crippen LogP contribution in [0.4, 0.5) is 30.6 Å². The predicted octanol–water partition coefficient (Wildman–Crippen LogP) is 2.34. The highest BCUT2D eigenvalue weighted by Gasteiger charge is 2.47. The summed E-state index contributed by atoms with van der Waals surface area (Å²) >= 11 is 0. The number of fused-ring (bicyclic) bond motifs is 1. The first-order valence-corrected chi connectivity index (χ1v) is 9.08. The van der Waals surface area contributed by atoms with Crippen molar-refractivity contribution in [2.45, 2.75) is 38.1 Å². The van der Waals surface area contributed by atoms with Crippen molar-refractivity contribution in [3.8, 4) is 0 Å². The molecule has 0 N–H and O–H groups in total. The molecule has 0 amide bonds. The number of aromatic nitrogens is 3. The van der Waals surface area contributed by atoms with E-state index in [0.717, 1.165) is 4.90 Å². The first kappa shape index (κ1) is 18.7. The third-order valence-electron chi connectivity index (χ3n) is 5.09. The average molecular weight is 395 g/mol. The number of pyridine rings is 1. The van der Waals surface area contributed by atoms with Gasteiger partial charge in [0.2, 0.25) is 5.95 Å². The molecule has 0 spiro atoms. The first-order valence-electron chi connectivity index (χ1n) is 9.08. The van der Waals surface area contributed by atoms with Gasteiger partial charge in [-0.2, -0.15) is 18.2 Å². The quantitative estimate of drug-likeness (QED) is 0.778. The van der Waals surface area contributed by atoms with Crippen molar-refractivity contribution in [3.63, 3.8) is 0 Å². The normalized spacial score (nSPS) is 22.9. The minimum atomic E-state index is -4.47. The van der Waals surface area contributed by atoms with Crippen molar-refractivity contribution in [1.29, 1.82) is 0 Å². The number of hydrogen-bond donors (Lipinski definition) is 0. The van der Waals surface area contributed by atoms with E-state index in [-0.39, 0.29) is 36.2 Å². The van der Waals surface area contributed by atoms with E-state index in [1.54, 1.807) is 6.07 Å². The Morgan fingerprint density at radius 3 is 2.79 bits per heavy atom. The zero-order valence-electron chi connectivity index (χ0n) is 15.3. The highest BCUT2D eigenvalue weighted by Crippen LogP contribution is 2.39. The second kappa shape index (κ2) is 7.08. The fourth-order valence-electron chi connectivity index (χ4n) is 3.71. The van der Waals surface area contributed by atoms with Crippen LogP contribution in [0.5, 0.6) is 0 Å². The number of ether oxygens (including phenoxy) is 1. The molecule has 7 nitrogen and oxygen atoms in total. The molecule has 10 heteroatoms. The third kappa shape index (κ3) is 3.32. The number of morpholine rings is 1. The zero-order chi connectivity index (χ0) is 19.9. The Bertz CT molecular complexity index is 902. The SMILES string of the molecule is C[C@@H]1COCCN1c1cc(=O)n2c(n1)N(c1cccnc1)C(C(F)(F)F)CC2. The van der Waals surface area contributed by atoms with Crippen molar-refractivity contribution in [2.75, 3.05) is 29.6 Å². The van der Waals surface area contributed by atoms with Gasteiger partial charge < -0.3 is 9.64 Å². The Hall–Kier alpha value is -2.62. The number of alkyl halides is 3. The van der Waals surface area contributed by atoms with E-state index in [1.807, 2.05) is 11.8 Å². The molecule has 28 heavy (non-hydrogen) atoms. The molecule has 2 aromatic heterocycles. The zero-order valence-corrected chi connectivity index (χ0v) is 15.3. The van der Waals surface area contributed by atoms with Crippen molar-refractivity contribution in [2.24, 2.45) is 0 Å². The van der Waals surface area contributed by atoms with Crippen LogP contribution >= 0.6 is 0 Å². The molecule has 1 unspecified atom stereocenters. The average Bonchev–Trinajstić information content (AvgIpc) is 2.67. The summed E-state index contributed by atoms with van der Waals surface area (Å²) in [6.45, 7) is 3.35. The maximum absolute atomic E-state index is 13.8. The lowest BCUT2D eigenvalue weighted by Gasteiger charge is -2.40. The molecule has 0 radical (unpaired) electrons. The van der Waals surface area contributed by atoms with Crippen LogP contribution in [0, 0.1) is 0 Å². The fourth-order valence-corrected chi connectivity index (χ4v) is 3.71. The van der Waals surface area contributed by atoms with E-state index in [1.165, 1.54) is 29.1 Å². The summed E-state index contributed by atoms with van der Waals surface area (Å²) in [6, 6.07) is 2.69. The topological polar surface area (TPSA) is 63.5 Å². The lowest BCUT2D eigenvalue weighted by molar-refractivity contribution is -0.150. The van der Waals surface area contributed by atoms with Gasteiger partial charge in [0.05, 0.1) is 31.1 Å². The Morgan fingerprint density at radius 2 is 2.11 bits per heavy atom.